The van der Waals surface area contributed by atoms with Crippen LogP contribution in [0.3, 0.4) is 0 Å². The van der Waals surface area contributed by atoms with Crippen LogP contribution in [0.25, 0.3) is 0 Å². The fourth-order valence-electron chi connectivity index (χ4n) is 2.34. The van der Waals surface area contributed by atoms with E-state index in [9.17, 15) is 13.5 Å². The molecule has 2 atom stereocenters. The zero-order valence-corrected chi connectivity index (χ0v) is 11.4. The molecule has 1 aliphatic carbocycles. The van der Waals surface area contributed by atoms with Crippen LogP contribution in [0.4, 0.5) is 0 Å². The van der Waals surface area contributed by atoms with E-state index in [2.05, 4.69) is 4.72 Å². The zero-order chi connectivity index (χ0) is 13.2. The molecule has 2 rings (SSSR count). The Morgan fingerprint density at radius 3 is 2.72 bits per heavy atom. The quantitative estimate of drug-likeness (QED) is 0.888. The highest BCUT2D eigenvalue weighted by molar-refractivity contribution is 7.89. The molecule has 0 bridgehead atoms. The highest BCUT2D eigenvalue weighted by atomic mass is 35.5. The van der Waals surface area contributed by atoms with Crippen LogP contribution in [-0.2, 0) is 10.0 Å². The van der Waals surface area contributed by atoms with Gasteiger partial charge in [0.1, 0.15) is 4.90 Å². The predicted octanol–water partition coefficient (Wildman–Crippen LogP) is 1.78. The van der Waals surface area contributed by atoms with Gasteiger partial charge in [-0.15, -0.1) is 0 Å². The molecule has 1 fully saturated rings. The van der Waals surface area contributed by atoms with Crippen molar-refractivity contribution in [3.63, 3.8) is 0 Å². The summed E-state index contributed by atoms with van der Waals surface area (Å²) < 4.78 is 27.0. The lowest BCUT2D eigenvalue weighted by molar-refractivity contribution is 0.213. The minimum absolute atomic E-state index is 0.00210. The molecule has 6 heteroatoms. The highest BCUT2D eigenvalue weighted by Crippen LogP contribution is 2.28. The first kappa shape index (κ1) is 13.8. The van der Waals surface area contributed by atoms with Crippen LogP contribution in [0.15, 0.2) is 29.2 Å². The number of benzene rings is 1. The molecule has 1 saturated carbocycles. The van der Waals surface area contributed by atoms with Gasteiger partial charge in [0.25, 0.3) is 0 Å². The monoisotopic (exact) mass is 289 g/mol. The maximum Gasteiger partial charge on any atom is 0.242 e. The normalized spacial score (nSPS) is 24.3. The molecule has 4 nitrogen and oxygen atoms in total. The van der Waals surface area contributed by atoms with Gasteiger partial charge in [0.05, 0.1) is 5.02 Å². The Bertz CT molecular complexity index is 518. The maximum atomic E-state index is 12.2. The summed E-state index contributed by atoms with van der Waals surface area (Å²) >= 11 is 5.90. The second-order valence-corrected chi connectivity index (χ2v) is 6.62. The van der Waals surface area contributed by atoms with E-state index in [0.717, 1.165) is 19.3 Å². The van der Waals surface area contributed by atoms with E-state index in [1.807, 2.05) is 0 Å². The van der Waals surface area contributed by atoms with Crippen molar-refractivity contribution in [1.82, 2.24) is 4.72 Å². The van der Waals surface area contributed by atoms with Crippen molar-refractivity contribution in [2.45, 2.75) is 30.2 Å². The Hall–Kier alpha value is -0.620. The van der Waals surface area contributed by atoms with Crippen molar-refractivity contribution in [3.8, 4) is 0 Å². The predicted molar refractivity (Wildman–Crippen MR) is 70.0 cm³/mol. The first-order valence-corrected chi connectivity index (χ1v) is 7.78. The van der Waals surface area contributed by atoms with E-state index in [1.54, 1.807) is 18.2 Å². The summed E-state index contributed by atoms with van der Waals surface area (Å²) in [5.74, 6) is 0.00210. The molecule has 100 valence electrons. The van der Waals surface area contributed by atoms with Crippen LogP contribution >= 0.6 is 11.6 Å². The standard InChI is InChI=1S/C12H16ClNO3S/c13-10-5-1-2-7-12(10)18(16,17)14-11-6-3-4-9(11)8-15/h1-2,5,7,9,11,14-15H,3-4,6,8H2. The molecule has 1 aromatic carbocycles. The highest BCUT2D eigenvalue weighted by Gasteiger charge is 2.31. The molecule has 2 N–H and O–H groups in total. The molecular weight excluding hydrogens is 274 g/mol. The summed E-state index contributed by atoms with van der Waals surface area (Å²) in [6, 6.07) is 6.16. The second-order valence-electron chi connectivity index (χ2n) is 4.53. The van der Waals surface area contributed by atoms with Gasteiger partial charge in [-0.2, -0.15) is 0 Å². The van der Waals surface area contributed by atoms with E-state index < -0.39 is 10.0 Å². The van der Waals surface area contributed by atoms with Crippen LogP contribution in [0.5, 0.6) is 0 Å². The van der Waals surface area contributed by atoms with Crippen molar-refractivity contribution in [2.24, 2.45) is 5.92 Å². The molecule has 0 amide bonds. The van der Waals surface area contributed by atoms with Crippen molar-refractivity contribution in [1.29, 1.82) is 0 Å². The zero-order valence-electron chi connectivity index (χ0n) is 9.84. The van der Waals surface area contributed by atoms with Gasteiger partial charge in [0, 0.05) is 12.6 Å². The molecule has 0 aliphatic heterocycles. The van der Waals surface area contributed by atoms with Crippen LogP contribution in [0.1, 0.15) is 19.3 Å². The number of aliphatic hydroxyl groups excluding tert-OH is 1. The summed E-state index contributed by atoms with van der Waals surface area (Å²) in [5, 5.41) is 9.41. The summed E-state index contributed by atoms with van der Waals surface area (Å²) in [5.41, 5.74) is 0. The molecule has 0 heterocycles. The molecule has 0 radical (unpaired) electrons. The van der Waals surface area contributed by atoms with E-state index in [1.165, 1.54) is 6.07 Å². The summed E-state index contributed by atoms with van der Waals surface area (Å²) in [6.45, 7) is 0.00963. The fraction of sp³-hybridized carbons (Fsp3) is 0.500. The summed E-state index contributed by atoms with van der Waals surface area (Å²) in [6.07, 6.45) is 2.54. The van der Waals surface area contributed by atoms with Gasteiger partial charge in [0.2, 0.25) is 10.0 Å². The second kappa shape index (κ2) is 5.57. The molecular formula is C12H16ClNO3S. The van der Waals surface area contributed by atoms with Crippen molar-refractivity contribution in [2.75, 3.05) is 6.61 Å². The smallest absolute Gasteiger partial charge is 0.242 e. The van der Waals surface area contributed by atoms with E-state index in [-0.39, 0.29) is 28.5 Å². The Labute approximate surface area is 112 Å². The molecule has 18 heavy (non-hydrogen) atoms. The fourth-order valence-corrected chi connectivity index (χ4v) is 4.19. The maximum absolute atomic E-state index is 12.2. The molecule has 2 unspecified atom stereocenters. The van der Waals surface area contributed by atoms with Gasteiger partial charge in [-0.05, 0) is 30.9 Å². The van der Waals surface area contributed by atoms with E-state index >= 15 is 0 Å². The Balaban J connectivity index is 2.20. The van der Waals surface area contributed by atoms with Crippen LogP contribution in [-0.4, -0.2) is 26.2 Å². The minimum atomic E-state index is -3.61. The van der Waals surface area contributed by atoms with E-state index in [4.69, 9.17) is 11.6 Å². The van der Waals surface area contributed by atoms with Crippen molar-refractivity contribution >= 4 is 21.6 Å². The number of hydrogen-bond acceptors (Lipinski definition) is 3. The number of aliphatic hydroxyl groups is 1. The van der Waals surface area contributed by atoms with Gasteiger partial charge in [0.15, 0.2) is 0 Å². The third kappa shape index (κ3) is 2.85. The van der Waals surface area contributed by atoms with Crippen molar-refractivity contribution < 1.29 is 13.5 Å². The van der Waals surface area contributed by atoms with Crippen LogP contribution < -0.4 is 4.72 Å². The Morgan fingerprint density at radius 2 is 2.06 bits per heavy atom. The van der Waals surface area contributed by atoms with Crippen LogP contribution in [0.2, 0.25) is 5.02 Å². The number of nitrogens with one attached hydrogen (secondary N) is 1. The van der Waals surface area contributed by atoms with Crippen LogP contribution in [0, 0.1) is 5.92 Å². The number of hydrogen-bond donors (Lipinski definition) is 2. The third-order valence-electron chi connectivity index (χ3n) is 3.33. The molecule has 0 aromatic heterocycles. The van der Waals surface area contributed by atoms with Gasteiger partial charge in [-0.1, -0.05) is 30.2 Å². The topological polar surface area (TPSA) is 66.4 Å². The molecule has 0 spiro atoms. The average molecular weight is 290 g/mol. The number of halogens is 1. The first-order chi connectivity index (χ1) is 8.54. The largest absolute Gasteiger partial charge is 0.396 e. The summed E-state index contributed by atoms with van der Waals surface area (Å²) in [4.78, 5) is 0.0928. The molecule has 1 aliphatic rings. The lowest BCUT2D eigenvalue weighted by Crippen LogP contribution is -2.38. The van der Waals surface area contributed by atoms with E-state index in [0.29, 0.717) is 0 Å². The minimum Gasteiger partial charge on any atom is -0.396 e. The SMILES string of the molecule is O=S(=O)(NC1CCCC1CO)c1ccccc1Cl. The van der Waals surface area contributed by atoms with Gasteiger partial charge in [-0.3, -0.25) is 0 Å². The Kier molecular flexibility index (Phi) is 4.27. The van der Waals surface area contributed by atoms with Gasteiger partial charge < -0.3 is 5.11 Å². The van der Waals surface area contributed by atoms with Crippen molar-refractivity contribution in [3.05, 3.63) is 29.3 Å². The lowest BCUT2D eigenvalue weighted by Gasteiger charge is -2.19. The number of sulfonamides is 1. The first-order valence-electron chi connectivity index (χ1n) is 5.92. The summed E-state index contributed by atoms with van der Waals surface area (Å²) in [7, 11) is -3.61. The molecule has 0 saturated heterocycles. The third-order valence-corrected chi connectivity index (χ3v) is 5.32. The molecule has 1 aromatic rings. The van der Waals surface area contributed by atoms with Gasteiger partial charge in [-0.25, -0.2) is 13.1 Å². The lowest BCUT2D eigenvalue weighted by atomic mass is 10.1. The number of rotatable bonds is 4. The Morgan fingerprint density at radius 1 is 1.33 bits per heavy atom. The van der Waals surface area contributed by atoms with Gasteiger partial charge >= 0.3 is 0 Å². The average Bonchev–Trinajstić information content (AvgIpc) is 2.76.